The number of ether oxygens (including phenoxy) is 1. The molecular formula is C23H30ClN3O5S. The molecule has 0 aliphatic carbocycles. The number of carbonyl (C=O) groups is 2. The maximum absolute atomic E-state index is 13.4. The van der Waals surface area contributed by atoms with Gasteiger partial charge in [0.15, 0.2) is 0 Å². The summed E-state index contributed by atoms with van der Waals surface area (Å²) in [5.41, 5.74) is 0.963. The number of benzene rings is 2. The third-order valence-corrected chi connectivity index (χ3v) is 6.47. The average Bonchev–Trinajstić information content (AvgIpc) is 2.79. The molecule has 0 saturated heterocycles. The summed E-state index contributed by atoms with van der Waals surface area (Å²) in [6.45, 7) is 3.64. The fourth-order valence-electron chi connectivity index (χ4n) is 3.15. The van der Waals surface area contributed by atoms with Crippen molar-refractivity contribution in [3.63, 3.8) is 0 Å². The third-order valence-electron chi connectivity index (χ3n) is 5.03. The van der Waals surface area contributed by atoms with Crippen LogP contribution in [0, 0.1) is 0 Å². The second kappa shape index (κ2) is 11.9. The van der Waals surface area contributed by atoms with Crippen molar-refractivity contribution >= 4 is 39.1 Å². The molecule has 0 spiro atoms. The molecule has 8 nitrogen and oxygen atoms in total. The van der Waals surface area contributed by atoms with E-state index >= 15 is 0 Å². The summed E-state index contributed by atoms with van der Waals surface area (Å²) in [5, 5.41) is 2.99. The molecule has 2 aromatic rings. The van der Waals surface area contributed by atoms with E-state index in [-0.39, 0.29) is 23.2 Å². The average molecular weight is 496 g/mol. The number of rotatable bonds is 11. The lowest BCUT2D eigenvalue weighted by Crippen LogP contribution is -2.51. The summed E-state index contributed by atoms with van der Waals surface area (Å²) in [6.07, 6.45) is 1.76. The van der Waals surface area contributed by atoms with Crippen molar-refractivity contribution < 1.29 is 22.7 Å². The van der Waals surface area contributed by atoms with Crippen molar-refractivity contribution in [1.29, 1.82) is 0 Å². The predicted molar refractivity (Wildman–Crippen MR) is 130 cm³/mol. The molecule has 1 N–H and O–H groups in total. The van der Waals surface area contributed by atoms with Gasteiger partial charge in [0.25, 0.3) is 0 Å². The smallest absolute Gasteiger partial charge is 0.244 e. The van der Waals surface area contributed by atoms with Crippen molar-refractivity contribution in [2.75, 3.05) is 30.8 Å². The Bertz CT molecular complexity index is 1060. The van der Waals surface area contributed by atoms with Crippen molar-refractivity contribution in [2.45, 2.75) is 32.9 Å². The zero-order valence-corrected chi connectivity index (χ0v) is 20.8. The van der Waals surface area contributed by atoms with Crippen LogP contribution in [0.3, 0.4) is 0 Å². The number of carbonyl (C=O) groups excluding carboxylic acids is 2. The Kier molecular flexibility index (Phi) is 9.55. The van der Waals surface area contributed by atoms with Gasteiger partial charge in [0.1, 0.15) is 18.3 Å². The quantitative estimate of drug-likeness (QED) is 0.517. The van der Waals surface area contributed by atoms with Gasteiger partial charge in [-0.15, -0.1) is 0 Å². The second-order valence-corrected chi connectivity index (χ2v) is 9.87. The Morgan fingerprint density at radius 2 is 1.76 bits per heavy atom. The summed E-state index contributed by atoms with van der Waals surface area (Å²) < 4.78 is 31.2. The predicted octanol–water partition coefficient (Wildman–Crippen LogP) is 3.06. The Labute approximate surface area is 200 Å². The highest BCUT2D eigenvalue weighted by molar-refractivity contribution is 7.92. The Hall–Kier alpha value is -2.78. The molecule has 0 fully saturated rings. The number of hydrogen-bond acceptors (Lipinski definition) is 5. The Balaban J connectivity index is 2.37. The van der Waals surface area contributed by atoms with Crippen molar-refractivity contribution in [3.05, 3.63) is 59.1 Å². The van der Waals surface area contributed by atoms with Crippen molar-refractivity contribution in [3.8, 4) is 5.75 Å². The van der Waals surface area contributed by atoms with Crippen LogP contribution in [0.15, 0.2) is 48.5 Å². The van der Waals surface area contributed by atoms with E-state index in [0.717, 1.165) is 22.5 Å². The molecule has 2 aromatic carbocycles. The fraction of sp³-hybridized carbons (Fsp3) is 0.391. The first kappa shape index (κ1) is 26.5. The van der Waals surface area contributed by atoms with Gasteiger partial charge in [0.2, 0.25) is 21.8 Å². The maximum Gasteiger partial charge on any atom is 0.244 e. The van der Waals surface area contributed by atoms with Gasteiger partial charge in [-0.3, -0.25) is 13.9 Å². The number of halogens is 1. The molecule has 0 aliphatic rings. The molecule has 0 bridgehead atoms. The van der Waals surface area contributed by atoms with Crippen LogP contribution in [0.1, 0.15) is 25.8 Å². The van der Waals surface area contributed by atoms with E-state index in [0.29, 0.717) is 12.3 Å². The van der Waals surface area contributed by atoms with Crippen molar-refractivity contribution in [2.24, 2.45) is 0 Å². The summed E-state index contributed by atoms with van der Waals surface area (Å²) >= 11 is 6.21. The zero-order valence-electron chi connectivity index (χ0n) is 19.2. The minimum absolute atomic E-state index is 0.115. The van der Waals surface area contributed by atoms with Gasteiger partial charge in [-0.05, 0) is 43.2 Å². The molecule has 0 heterocycles. The number of amides is 2. The van der Waals surface area contributed by atoms with E-state index in [2.05, 4.69) is 5.32 Å². The first-order valence-electron chi connectivity index (χ1n) is 10.5. The highest BCUT2D eigenvalue weighted by Crippen LogP contribution is 2.27. The van der Waals surface area contributed by atoms with Crippen LogP contribution in [0.5, 0.6) is 5.75 Å². The van der Waals surface area contributed by atoms with Crippen LogP contribution < -0.4 is 14.4 Å². The van der Waals surface area contributed by atoms with Crippen LogP contribution in [-0.2, 0) is 26.2 Å². The summed E-state index contributed by atoms with van der Waals surface area (Å²) in [4.78, 5) is 27.4. The normalized spacial score (nSPS) is 12.0. The Morgan fingerprint density at radius 1 is 1.12 bits per heavy atom. The minimum atomic E-state index is -3.83. The summed E-state index contributed by atoms with van der Waals surface area (Å²) in [5.74, 6) is -0.190. The van der Waals surface area contributed by atoms with Crippen LogP contribution >= 0.6 is 11.6 Å². The molecule has 0 aromatic heterocycles. The molecule has 1 atom stereocenters. The number of anilines is 1. The molecule has 180 valence electrons. The number of methoxy groups -OCH3 is 1. The molecule has 33 heavy (non-hydrogen) atoms. The molecule has 2 rings (SSSR count). The molecule has 0 saturated carbocycles. The lowest BCUT2D eigenvalue weighted by Gasteiger charge is -2.31. The SMILES string of the molecule is CCCNC(=O)[C@H](C)N(Cc1ccc(OC)cc1)C(=O)CN(c1ccccc1Cl)S(C)(=O)=O. The highest BCUT2D eigenvalue weighted by atomic mass is 35.5. The van der Waals surface area contributed by atoms with Crippen molar-refractivity contribution in [1.82, 2.24) is 10.2 Å². The molecular weight excluding hydrogens is 466 g/mol. The van der Waals surface area contributed by atoms with E-state index in [1.54, 1.807) is 56.5 Å². The molecule has 0 unspecified atom stereocenters. The topological polar surface area (TPSA) is 96.0 Å². The van der Waals surface area contributed by atoms with Crippen LogP contribution in [0.25, 0.3) is 0 Å². The maximum atomic E-state index is 13.4. The molecule has 0 radical (unpaired) electrons. The number of nitrogens with one attached hydrogen (secondary N) is 1. The lowest BCUT2D eigenvalue weighted by atomic mass is 10.1. The monoisotopic (exact) mass is 495 g/mol. The number of hydrogen-bond donors (Lipinski definition) is 1. The van der Waals surface area contributed by atoms with Gasteiger partial charge in [-0.25, -0.2) is 8.42 Å². The molecule has 2 amide bonds. The first-order valence-corrected chi connectivity index (χ1v) is 12.7. The van der Waals surface area contributed by atoms with Crippen LogP contribution in [-0.4, -0.2) is 57.6 Å². The van der Waals surface area contributed by atoms with E-state index in [4.69, 9.17) is 16.3 Å². The van der Waals surface area contributed by atoms with Crippen LogP contribution in [0.4, 0.5) is 5.69 Å². The standard InChI is InChI=1S/C23H30ClN3O5S/c1-5-14-25-23(29)17(2)26(15-18-10-12-19(32-3)13-11-18)22(28)16-27(33(4,30)31)21-9-7-6-8-20(21)24/h6-13,17H,5,14-16H2,1-4H3,(H,25,29)/t17-/m0/s1. The second-order valence-electron chi connectivity index (χ2n) is 7.56. The van der Waals surface area contributed by atoms with E-state index in [1.807, 2.05) is 6.92 Å². The Morgan fingerprint density at radius 3 is 2.30 bits per heavy atom. The number of nitrogens with zero attached hydrogens (tertiary/aromatic N) is 2. The third kappa shape index (κ3) is 7.36. The van der Waals surface area contributed by atoms with Gasteiger partial charge >= 0.3 is 0 Å². The highest BCUT2D eigenvalue weighted by Gasteiger charge is 2.30. The number of sulfonamides is 1. The van der Waals surface area contributed by atoms with Gasteiger partial charge in [-0.1, -0.05) is 42.8 Å². The van der Waals surface area contributed by atoms with Gasteiger partial charge in [0, 0.05) is 13.1 Å². The van der Waals surface area contributed by atoms with Gasteiger partial charge in [-0.2, -0.15) is 0 Å². The zero-order chi connectivity index (χ0) is 24.6. The van der Waals surface area contributed by atoms with Crippen LogP contribution in [0.2, 0.25) is 5.02 Å². The molecule has 10 heteroatoms. The minimum Gasteiger partial charge on any atom is -0.497 e. The number of para-hydroxylation sites is 1. The van der Waals surface area contributed by atoms with E-state index in [1.165, 1.54) is 11.0 Å². The van der Waals surface area contributed by atoms with Gasteiger partial charge < -0.3 is 15.0 Å². The summed E-state index contributed by atoms with van der Waals surface area (Å²) in [6, 6.07) is 12.7. The lowest BCUT2D eigenvalue weighted by molar-refractivity contribution is -0.139. The van der Waals surface area contributed by atoms with E-state index in [9.17, 15) is 18.0 Å². The first-order chi connectivity index (χ1) is 15.6. The molecule has 0 aliphatic heterocycles. The fourth-order valence-corrected chi connectivity index (χ4v) is 4.30. The largest absolute Gasteiger partial charge is 0.497 e. The van der Waals surface area contributed by atoms with E-state index < -0.39 is 28.5 Å². The summed E-state index contributed by atoms with van der Waals surface area (Å²) in [7, 11) is -2.27. The van der Waals surface area contributed by atoms with Gasteiger partial charge in [0.05, 0.1) is 24.1 Å².